The lowest BCUT2D eigenvalue weighted by Gasteiger charge is -2.33. The van der Waals surface area contributed by atoms with E-state index in [2.05, 4.69) is 40.6 Å². The normalized spacial score (nSPS) is 15.1. The van der Waals surface area contributed by atoms with Crippen LogP contribution in [0.15, 0.2) is 54.7 Å². The number of piperidine rings is 1. The van der Waals surface area contributed by atoms with Gasteiger partial charge in [-0.1, -0.05) is 36.4 Å². The minimum Gasteiger partial charge on any atom is -0.444 e. The van der Waals surface area contributed by atoms with Gasteiger partial charge in [0.15, 0.2) is 0 Å². The molecule has 0 spiro atoms. The van der Waals surface area contributed by atoms with E-state index >= 15 is 0 Å². The number of nitrogens with zero attached hydrogens (tertiary/aromatic N) is 3. The second kappa shape index (κ2) is 8.92. The number of hydrogen-bond acceptors (Lipinski definition) is 5. The van der Waals surface area contributed by atoms with Gasteiger partial charge in [-0.2, -0.15) is 0 Å². The fourth-order valence-electron chi connectivity index (χ4n) is 3.84. The molecule has 31 heavy (non-hydrogen) atoms. The van der Waals surface area contributed by atoms with Crippen LogP contribution in [0, 0.1) is 5.92 Å². The van der Waals surface area contributed by atoms with E-state index in [1.54, 1.807) is 11.1 Å². The van der Waals surface area contributed by atoms with Gasteiger partial charge < -0.3 is 15.0 Å². The van der Waals surface area contributed by atoms with Gasteiger partial charge in [0.1, 0.15) is 5.60 Å². The van der Waals surface area contributed by atoms with Crippen LogP contribution in [-0.2, 0) is 4.74 Å². The molecule has 0 bridgehead atoms. The van der Waals surface area contributed by atoms with Crippen LogP contribution in [0.1, 0.15) is 33.6 Å². The molecule has 1 aliphatic rings. The maximum Gasteiger partial charge on any atom is 0.410 e. The number of anilines is 1. The first-order chi connectivity index (χ1) is 14.9. The molecule has 2 aromatic carbocycles. The Morgan fingerprint density at radius 1 is 1.10 bits per heavy atom. The molecule has 6 heteroatoms. The average Bonchev–Trinajstić information content (AvgIpc) is 2.77. The van der Waals surface area contributed by atoms with Crippen molar-refractivity contribution in [3.05, 3.63) is 54.7 Å². The quantitative estimate of drug-likeness (QED) is 0.618. The smallest absolute Gasteiger partial charge is 0.410 e. The van der Waals surface area contributed by atoms with Crippen LogP contribution in [-0.4, -0.2) is 46.2 Å². The van der Waals surface area contributed by atoms with E-state index in [1.807, 2.05) is 39.0 Å². The number of rotatable bonds is 4. The summed E-state index contributed by atoms with van der Waals surface area (Å²) >= 11 is 0. The number of likely N-dealkylation sites (tertiary alicyclic amines) is 1. The third-order valence-corrected chi connectivity index (χ3v) is 5.52. The van der Waals surface area contributed by atoms with Gasteiger partial charge in [0.2, 0.25) is 5.95 Å². The zero-order valence-corrected chi connectivity index (χ0v) is 18.5. The molecule has 6 nitrogen and oxygen atoms in total. The van der Waals surface area contributed by atoms with Gasteiger partial charge in [0.05, 0.1) is 5.69 Å². The number of amides is 1. The van der Waals surface area contributed by atoms with Crippen molar-refractivity contribution < 1.29 is 9.53 Å². The van der Waals surface area contributed by atoms with Crippen molar-refractivity contribution in [3.8, 4) is 11.3 Å². The number of nitrogens with one attached hydrogen (secondary N) is 1. The van der Waals surface area contributed by atoms with Gasteiger partial charge in [0, 0.05) is 31.4 Å². The summed E-state index contributed by atoms with van der Waals surface area (Å²) in [5, 5.41) is 5.80. The highest BCUT2D eigenvalue weighted by atomic mass is 16.6. The summed E-state index contributed by atoms with van der Waals surface area (Å²) in [6.07, 6.45) is 3.46. The molecule has 1 aliphatic heterocycles. The molecule has 4 rings (SSSR count). The van der Waals surface area contributed by atoms with Crippen molar-refractivity contribution in [1.82, 2.24) is 14.9 Å². The lowest BCUT2D eigenvalue weighted by atomic mass is 9.97. The van der Waals surface area contributed by atoms with Gasteiger partial charge in [-0.25, -0.2) is 14.8 Å². The number of fused-ring (bicyclic) bond motifs is 1. The monoisotopic (exact) mass is 418 g/mol. The third-order valence-electron chi connectivity index (χ3n) is 5.52. The fourth-order valence-corrected chi connectivity index (χ4v) is 3.84. The number of carbonyl (C=O) groups excluding carboxylic acids is 1. The number of ether oxygens (including phenoxy) is 1. The SMILES string of the molecule is CC(C)(C)OC(=O)N1CCC(CNc2nccc(-c3ccc4ccccc4c3)n2)CC1. The minimum absolute atomic E-state index is 0.217. The van der Waals surface area contributed by atoms with Crippen LogP contribution in [0.5, 0.6) is 0 Å². The Bertz CT molecular complexity index is 1050. The van der Waals surface area contributed by atoms with Crippen molar-refractivity contribution in [2.45, 2.75) is 39.2 Å². The third kappa shape index (κ3) is 5.51. The maximum atomic E-state index is 12.2. The lowest BCUT2D eigenvalue weighted by molar-refractivity contribution is 0.0188. The molecule has 1 N–H and O–H groups in total. The van der Waals surface area contributed by atoms with E-state index in [4.69, 9.17) is 9.72 Å². The predicted octanol–water partition coefficient (Wildman–Crippen LogP) is 5.36. The summed E-state index contributed by atoms with van der Waals surface area (Å²) in [5.41, 5.74) is 1.53. The number of hydrogen-bond donors (Lipinski definition) is 1. The summed E-state index contributed by atoms with van der Waals surface area (Å²) in [4.78, 5) is 23.1. The van der Waals surface area contributed by atoms with E-state index in [1.165, 1.54) is 10.8 Å². The minimum atomic E-state index is -0.455. The molecular weight excluding hydrogens is 388 g/mol. The van der Waals surface area contributed by atoms with Crippen molar-refractivity contribution in [2.75, 3.05) is 25.0 Å². The highest BCUT2D eigenvalue weighted by Gasteiger charge is 2.26. The first-order valence-electron chi connectivity index (χ1n) is 10.9. The van der Waals surface area contributed by atoms with E-state index in [-0.39, 0.29) is 6.09 Å². The maximum absolute atomic E-state index is 12.2. The first kappa shape index (κ1) is 21.1. The van der Waals surface area contributed by atoms with Crippen molar-refractivity contribution >= 4 is 22.8 Å². The standard InChI is InChI=1S/C25H30N4O2/c1-25(2,3)31-24(30)29-14-11-18(12-15-29)17-27-23-26-13-10-22(28-23)21-9-8-19-6-4-5-7-20(19)16-21/h4-10,13,16,18H,11-12,14-15,17H2,1-3H3,(H,26,27,28). The molecular formula is C25H30N4O2. The van der Waals surface area contributed by atoms with Gasteiger partial charge in [-0.15, -0.1) is 0 Å². The van der Waals surface area contributed by atoms with E-state index < -0.39 is 5.60 Å². The van der Waals surface area contributed by atoms with E-state index in [0.29, 0.717) is 11.9 Å². The summed E-state index contributed by atoms with van der Waals surface area (Å²) in [7, 11) is 0. The fraction of sp³-hybridized carbons (Fsp3) is 0.400. The van der Waals surface area contributed by atoms with Crippen LogP contribution in [0.2, 0.25) is 0 Å². The molecule has 1 saturated heterocycles. The highest BCUT2D eigenvalue weighted by molar-refractivity contribution is 5.86. The van der Waals surface area contributed by atoms with Crippen molar-refractivity contribution in [3.63, 3.8) is 0 Å². The van der Waals surface area contributed by atoms with E-state index in [9.17, 15) is 4.79 Å². The topological polar surface area (TPSA) is 67.3 Å². The van der Waals surface area contributed by atoms with E-state index in [0.717, 1.165) is 43.7 Å². The Balaban J connectivity index is 1.33. The second-order valence-electron chi connectivity index (χ2n) is 9.12. The lowest BCUT2D eigenvalue weighted by Crippen LogP contribution is -2.42. The Kier molecular flexibility index (Phi) is 6.07. The van der Waals surface area contributed by atoms with Gasteiger partial charge >= 0.3 is 6.09 Å². The van der Waals surface area contributed by atoms with Crippen LogP contribution < -0.4 is 5.32 Å². The number of carbonyl (C=O) groups is 1. The molecule has 1 amide bonds. The Hall–Kier alpha value is -3.15. The van der Waals surface area contributed by atoms with Crippen LogP contribution in [0.25, 0.3) is 22.0 Å². The molecule has 0 unspecified atom stereocenters. The van der Waals surface area contributed by atoms with Crippen LogP contribution in [0.3, 0.4) is 0 Å². The van der Waals surface area contributed by atoms with Crippen molar-refractivity contribution in [1.29, 1.82) is 0 Å². The zero-order valence-electron chi connectivity index (χ0n) is 18.5. The Morgan fingerprint density at radius 2 is 1.84 bits per heavy atom. The summed E-state index contributed by atoms with van der Waals surface area (Å²) < 4.78 is 5.48. The predicted molar refractivity (Wildman–Crippen MR) is 124 cm³/mol. The highest BCUT2D eigenvalue weighted by Crippen LogP contribution is 2.24. The Morgan fingerprint density at radius 3 is 2.58 bits per heavy atom. The number of benzene rings is 2. The molecule has 1 aromatic heterocycles. The Labute approximate surface area is 183 Å². The van der Waals surface area contributed by atoms with Gasteiger partial charge in [-0.05, 0) is 62.4 Å². The zero-order chi connectivity index (χ0) is 21.8. The largest absolute Gasteiger partial charge is 0.444 e. The summed E-state index contributed by atoms with van der Waals surface area (Å²) in [6.45, 7) is 7.93. The molecule has 162 valence electrons. The molecule has 0 saturated carbocycles. The number of aromatic nitrogens is 2. The molecule has 1 fully saturated rings. The van der Waals surface area contributed by atoms with Crippen LogP contribution >= 0.6 is 0 Å². The van der Waals surface area contributed by atoms with Gasteiger partial charge in [-0.3, -0.25) is 0 Å². The average molecular weight is 419 g/mol. The molecule has 2 heterocycles. The second-order valence-corrected chi connectivity index (χ2v) is 9.12. The molecule has 0 aliphatic carbocycles. The molecule has 0 atom stereocenters. The van der Waals surface area contributed by atoms with Crippen molar-refractivity contribution in [2.24, 2.45) is 5.92 Å². The summed E-state index contributed by atoms with van der Waals surface area (Å²) in [6, 6.07) is 16.6. The van der Waals surface area contributed by atoms with Crippen LogP contribution in [0.4, 0.5) is 10.7 Å². The molecule has 3 aromatic rings. The molecule has 0 radical (unpaired) electrons. The van der Waals surface area contributed by atoms with Gasteiger partial charge in [0.25, 0.3) is 0 Å². The summed E-state index contributed by atoms with van der Waals surface area (Å²) in [5.74, 6) is 1.12. The first-order valence-corrected chi connectivity index (χ1v) is 10.9.